The molecule has 1 N–H and O–H groups in total. The van der Waals surface area contributed by atoms with Gasteiger partial charge in [0.25, 0.3) is 0 Å². The summed E-state index contributed by atoms with van der Waals surface area (Å²) in [5.74, 6) is -1.79. The van der Waals surface area contributed by atoms with Crippen LogP contribution >= 0.6 is 0 Å². The molecule has 13 nitrogen and oxygen atoms in total. The quantitative estimate of drug-likeness (QED) is 0.130. The number of fused-ring (bicyclic) bond motifs is 5. The van der Waals surface area contributed by atoms with E-state index in [2.05, 4.69) is 28.4 Å². The third-order valence-corrected chi connectivity index (χ3v) is 16.6. The fourth-order valence-electron chi connectivity index (χ4n) is 10.7. The number of nitrogens with one attached hydrogen (secondary N) is 1. The summed E-state index contributed by atoms with van der Waals surface area (Å²) in [6.45, 7) is 13.4. The molecule has 3 aliphatic heterocycles. The maximum atomic E-state index is 15.1. The third-order valence-electron chi connectivity index (χ3n) is 14.8. The highest BCUT2D eigenvalue weighted by atomic mass is 32.2. The molecule has 5 fully saturated rings. The van der Waals surface area contributed by atoms with Crippen molar-refractivity contribution in [1.82, 2.24) is 19.5 Å². The topological polar surface area (TPSA) is 162 Å². The summed E-state index contributed by atoms with van der Waals surface area (Å²) in [4.78, 5) is 66.6. The summed E-state index contributed by atoms with van der Waals surface area (Å²) < 4.78 is 47.9. The number of benzene rings is 1. The van der Waals surface area contributed by atoms with Crippen LogP contribution in [0, 0.1) is 28.6 Å². The number of hydrogen-bond acceptors (Lipinski definition) is 11. The number of nitrogens with zero attached hydrogens (tertiary/aromatic N) is 3. The van der Waals surface area contributed by atoms with E-state index in [0.29, 0.717) is 43.0 Å². The number of hydrogen-bond donors (Lipinski definition) is 1. The Labute approximate surface area is 379 Å². The van der Waals surface area contributed by atoms with E-state index >= 15 is 4.79 Å². The van der Waals surface area contributed by atoms with Crippen LogP contribution in [0.15, 0.2) is 49.1 Å². The van der Waals surface area contributed by atoms with Gasteiger partial charge in [0.15, 0.2) is 5.78 Å². The van der Waals surface area contributed by atoms with Crippen LogP contribution in [0.4, 0.5) is 0 Å². The zero-order valence-corrected chi connectivity index (χ0v) is 38.9. The molecule has 1 aromatic heterocycles. The fraction of sp³-hybridized carbons (Fsp3) is 0.660. The van der Waals surface area contributed by atoms with Crippen molar-refractivity contribution < 1.29 is 41.8 Å². The van der Waals surface area contributed by atoms with Gasteiger partial charge in [0, 0.05) is 24.8 Å². The number of ketones is 1. The van der Waals surface area contributed by atoms with Crippen molar-refractivity contribution in [3.63, 3.8) is 0 Å². The van der Waals surface area contributed by atoms with Crippen molar-refractivity contribution in [2.24, 2.45) is 28.6 Å². The van der Waals surface area contributed by atoms with E-state index in [1.54, 1.807) is 6.08 Å². The number of ether oxygens (including phenoxy) is 3. The molecule has 0 spiro atoms. The van der Waals surface area contributed by atoms with Gasteiger partial charge in [-0.15, -0.1) is 6.58 Å². The van der Waals surface area contributed by atoms with Crippen molar-refractivity contribution >= 4 is 44.5 Å². The average Bonchev–Trinajstić information content (AvgIpc) is 4.16. The number of likely N-dealkylation sites (tertiary alicyclic amines) is 1. The molecule has 8 rings (SSSR count). The highest BCUT2D eigenvalue weighted by molar-refractivity contribution is 7.90. The maximum Gasteiger partial charge on any atom is 0.306 e. The number of sulfonamides is 1. The van der Waals surface area contributed by atoms with Gasteiger partial charge in [-0.3, -0.25) is 23.9 Å². The number of carbonyl (C=O) groups excluding carboxylic acids is 4. The Hall–Kier alpha value is -4.30. The minimum Gasteiger partial charge on any atom is -0.492 e. The molecule has 2 aromatic rings. The molecule has 2 bridgehead atoms. The minimum atomic E-state index is -3.87. The van der Waals surface area contributed by atoms with Crippen molar-refractivity contribution in [2.45, 2.75) is 147 Å². The van der Waals surface area contributed by atoms with Gasteiger partial charge in [-0.1, -0.05) is 57.6 Å². The van der Waals surface area contributed by atoms with E-state index in [-0.39, 0.29) is 55.9 Å². The molecule has 64 heavy (non-hydrogen) atoms. The first kappa shape index (κ1) is 46.2. The number of rotatable bonds is 12. The fourth-order valence-corrected chi connectivity index (χ4v) is 12.0. The molecule has 6 aliphatic rings. The molecule has 2 saturated heterocycles. The Balaban J connectivity index is 1.13. The zero-order valence-electron chi connectivity index (χ0n) is 38.1. The first-order chi connectivity index (χ1) is 30.7. The Kier molecular flexibility index (Phi) is 13.9. The second-order valence-electron chi connectivity index (χ2n) is 20.4. The van der Waals surface area contributed by atoms with Gasteiger partial charge in [0.05, 0.1) is 53.3 Å². The average molecular weight is 901 g/mol. The standard InChI is InChI=1S/C50H68N4O9S/c1-5-34-30-50(34,48(58)52-64(59,60)36-22-23-36)31-42(55)41-28-35-32-54(41)47(57)39(49(2,3)4)29-44(56)63-43-21-14-17-33(43)16-8-6-9-19-38-45(61-27-15-26-53-24-12-7-13-25-53)37-18-10-11-20-40(37)51-46(38)62-35/h5-6,9-11,18,20,33-36,39,41,43H,1,7-8,12-17,19,21-32H2,2-4H3,(H,52,58)/b9-6+/t33-,34-,35-,39-,41+,43-,50-/m1/s1. The van der Waals surface area contributed by atoms with E-state index in [4.69, 9.17) is 19.2 Å². The number of pyridine rings is 1. The van der Waals surface area contributed by atoms with Crippen LogP contribution in [-0.2, 0) is 40.4 Å². The first-order valence-electron chi connectivity index (χ1n) is 24.0. The Morgan fingerprint density at radius 3 is 2.53 bits per heavy atom. The monoisotopic (exact) mass is 900 g/mol. The van der Waals surface area contributed by atoms with E-state index in [0.717, 1.165) is 69.1 Å². The van der Waals surface area contributed by atoms with Gasteiger partial charge >= 0.3 is 5.97 Å². The van der Waals surface area contributed by atoms with Gasteiger partial charge in [-0.2, -0.15) is 0 Å². The summed E-state index contributed by atoms with van der Waals surface area (Å²) >= 11 is 0. The summed E-state index contributed by atoms with van der Waals surface area (Å²) in [5.41, 5.74) is -0.486. The lowest BCUT2D eigenvalue weighted by atomic mass is 9.77. The SMILES string of the molecule is C=C[C@@H]1C[C@]1(CC(=O)[C@@H]1C[C@@H]2CN1C(=O)[C@H](C(C)(C)C)CC(=O)O[C@@H]1CCC[C@H]1CC/C=C/Cc1c(nc3ccccc3c1OCCCN1CCCCC1)O2)C(=O)NS(=O)(=O)C1CC1. The number of allylic oxidation sites excluding steroid dienone is 3. The molecular weight excluding hydrogens is 833 g/mol. The highest BCUT2D eigenvalue weighted by Gasteiger charge is 2.61. The minimum absolute atomic E-state index is 0.0392. The van der Waals surface area contributed by atoms with Gasteiger partial charge < -0.3 is 24.0 Å². The normalized spacial score (nSPS) is 30.0. The number of carbonyl (C=O) groups is 4. The van der Waals surface area contributed by atoms with Crippen LogP contribution in [0.2, 0.25) is 0 Å². The van der Waals surface area contributed by atoms with Crippen LogP contribution in [0.1, 0.15) is 123 Å². The third kappa shape index (κ3) is 10.4. The second kappa shape index (κ2) is 19.3. The molecule has 348 valence electrons. The molecule has 4 heterocycles. The van der Waals surface area contributed by atoms with Gasteiger partial charge in [0.1, 0.15) is 18.0 Å². The van der Waals surface area contributed by atoms with E-state index < -0.39 is 62.0 Å². The molecule has 0 radical (unpaired) electrons. The number of aromatic nitrogens is 1. The summed E-state index contributed by atoms with van der Waals surface area (Å²) in [5, 5.41) is 0.270. The van der Waals surface area contributed by atoms with Crippen LogP contribution in [0.3, 0.4) is 0 Å². The number of Topliss-reactive ketones (excluding diaryl/α,β-unsaturated/α-hetero) is 1. The predicted octanol–water partition coefficient (Wildman–Crippen LogP) is 7.25. The molecule has 1 aromatic carbocycles. The van der Waals surface area contributed by atoms with Crippen molar-refractivity contribution in [2.75, 3.05) is 32.8 Å². The van der Waals surface area contributed by atoms with Crippen LogP contribution in [0.25, 0.3) is 10.9 Å². The largest absolute Gasteiger partial charge is 0.492 e. The molecule has 2 amide bonds. The Bertz CT molecular complexity index is 2230. The number of piperidine rings is 1. The van der Waals surface area contributed by atoms with E-state index in [1.165, 1.54) is 24.2 Å². The lowest BCUT2D eigenvalue weighted by Crippen LogP contribution is -2.48. The Morgan fingerprint density at radius 1 is 1.02 bits per heavy atom. The maximum absolute atomic E-state index is 15.1. The van der Waals surface area contributed by atoms with E-state index in [1.807, 2.05) is 45.0 Å². The smallest absolute Gasteiger partial charge is 0.306 e. The molecule has 3 aliphatic carbocycles. The predicted molar refractivity (Wildman–Crippen MR) is 244 cm³/mol. The van der Waals surface area contributed by atoms with Crippen molar-refractivity contribution in [3.05, 3.63) is 54.6 Å². The molecule has 3 saturated carbocycles. The van der Waals surface area contributed by atoms with Gasteiger partial charge in [-0.25, -0.2) is 13.4 Å². The molecular formula is C50H68N4O9S. The van der Waals surface area contributed by atoms with E-state index in [9.17, 15) is 22.8 Å². The lowest BCUT2D eigenvalue weighted by Gasteiger charge is -2.35. The number of para-hydroxylation sites is 1. The summed E-state index contributed by atoms with van der Waals surface area (Å²) in [7, 11) is -3.87. The summed E-state index contributed by atoms with van der Waals surface area (Å²) in [6, 6.07) is 6.85. The number of esters is 1. The number of amides is 2. The Morgan fingerprint density at radius 2 is 1.80 bits per heavy atom. The first-order valence-corrected chi connectivity index (χ1v) is 25.5. The van der Waals surface area contributed by atoms with Crippen LogP contribution in [0.5, 0.6) is 11.6 Å². The molecule has 7 atom stereocenters. The highest BCUT2D eigenvalue weighted by Crippen LogP contribution is 2.57. The second-order valence-corrected chi connectivity index (χ2v) is 22.4. The molecule has 14 heteroatoms. The lowest BCUT2D eigenvalue weighted by molar-refractivity contribution is -0.158. The van der Waals surface area contributed by atoms with Crippen molar-refractivity contribution in [3.8, 4) is 11.6 Å². The van der Waals surface area contributed by atoms with Crippen LogP contribution in [-0.4, -0.2) is 103 Å². The summed E-state index contributed by atoms with van der Waals surface area (Å²) in [6.07, 6.45) is 15.4. The molecule has 0 unspecified atom stereocenters. The van der Waals surface area contributed by atoms with Gasteiger partial charge in [-0.05, 0) is 120 Å². The van der Waals surface area contributed by atoms with Crippen LogP contribution < -0.4 is 14.2 Å². The zero-order chi connectivity index (χ0) is 45.2. The van der Waals surface area contributed by atoms with Crippen molar-refractivity contribution in [1.29, 1.82) is 0 Å². The van der Waals surface area contributed by atoms with Gasteiger partial charge in [0.2, 0.25) is 27.7 Å².